The van der Waals surface area contributed by atoms with E-state index in [2.05, 4.69) is 5.32 Å². The molecule has 4 heteroatoms. The van der Waals surface area contributed by atoms with Gasteiger partial charge in [-0.3, -0.25) is 0 Å². The monoisotopic (exact) mass is 311 g/mol. The van der Waals surface area contributed by atoms with Crippen LogP contribution in [0, 0.1) is 12.7 Å². The molecule has 1 atom stereocenters. The first-order valence-electron chi connectivity index (χ1n) is 6.47. The highest BCUT2D eigenvalue weighted by molar-refractivity contribution is 6.31. The van der Waals surface area contributed by atoms with E-state index in [0.717, 1.165) is 23.2 Å². The SMILES string of the molecule is CCNC(c1cc(Cl)ccc1C)c1cc(F)ccc1Cl. The Morgan fingerprint density at radius 2 is 1.85 bits per heavy atom. The summed E-state index contributed by atoms with van der Waals surface area (Å²) in [5.41, 5.74) is 2.81. The van der Waals surface area contributed by atoms with Crippen molar-refractivity contribution in [2.24, 2.45) is 0 Å². The van der Waals surface area contributed by atoms with Gasteiger partial charge in [0.2, 0.25) is 0 Å². The van der Waals surface area contributed by atoms with Crippen LogP contribution in [-0.4, -0.2) is 6.54 Å². The van der Waals surface area contributed by atoms with E-state index in [1.807, 2.05) is 32.0 Å². The molecule has 0 saturated heterocycles. The van der Waals surface area contributed by atoms with Gasteiger partial charge in [-0.05, 0) is 60.5 Å². The zero-order valence-electron chi connectivity index (χ0n) is 11.4. The molecule has 0 bridgehead atoms. The summed E-state index contributed by atoms with van der Waals surface area (Å²) < 4.78 is 13.5. The summed E-state index contributed by atoms with van der Waals surface area (Å²) in [5.74, 6) is -0.299. The molecule has 0 saturated carbocycles. The van der Waals surface area contributed by atoms with Gasteiger partial charge in [0.25, 0.3) is 0 Å². The number of rotatable bonds is 4. The lowest BCUT2D eigenvalue weighted by atomic mass is 9.95. The number of benzene rings is 2. The van der Waals surface area contributed by atoms with E-state index in [9.17, 15) is 4.39 Å². The van der Waals surface area contributed by atoms with Crippen LogP contribution in [0.15, 0.2) is 36.4 Å². The summed E-state index contributed by atoms with van der Waals surface area (Å²) in [5, 5.41) is 4.53. The van der Waals surface area contributed by atoms with Crippen LogP contribution in [0.3, 0.4) is 0 Å². The fourth-order valence-corrected chi connectivity index (χ4v) is 2.66. The highest BCUT2D eigenvalue weighted by Gasteiger charge is 2.19. The van der Waals surface area contributed by atoms with Crippen LogP contribution in [0.1, 0.15) is 29.7 Å². The topological polar surface area (TPSA) is 12.0 Å². The third kappa shape index (κ3) is 3.32. The van der Waals surface area contributed by atoms with Crippen molar-refractivity contribution in [2.45, 2.75) is 19.9 Å². The van der Waals surface area contributed by atoms with Crippen molar-refractivity contribution < 1.29 is 4.39 Å². The highest BCUT2D eigenvalue weighted by Crippen LogP contribution is 2.32. The Bertz CT molecular complexity index is 562. The molecule has 2 aromatic rings. The van der Waals surface area contributed by atoms with Crippen LogP contribution in [0.2, 0.25) is 10.0 Å². The van der Waals surface area contributed by atoms with Gasteiger partial charge in [0.15, 0.2) is 0 Å². The van der Waals surface area contributed by atoms with E-state index in [1.54, 1.807) is 6.07 Å². The molecule has 0 heterocycles. The first kappa shape index (κ1) is 15.3. The normalized spacial score (nSPS) is 12.4. The second-order valence-electron chi connectivity index (χ2n) is 4.66. The van der Waals surface area contributed by atoms with E-state index in [4.69, 9.17) is 23.2 Å². The molecule has 1 unspecified atom stereocenters. The molecule has 0 aromatic heterocycles. The van der Waals surface area contributed by atoms with Gasteiger partial charge in [0, 0.05) is 10.0 Å². The third-order valence-corrected chi connectivity index (χ3v) is 3.81. The smallest absolute Gasteiger partial charge is 0.123 e. The summed E-state index contributed by atoms with van der Waals surface area (Å²) in [6.07, 6.45) is 0. The molecule has 0 aliphatic carbocycles. The molecule has 0 aliphatic heterocycles. The lowest BCUT2D eigenvalue weighted by molar-refractivity contribution is 0.602. The van der Waals surface area contributed by atoms with Crippen LogP contribution >= 0.6 is 23.2 Å². The Morgan fingerprint density at radius 3 is 2.55 bits per heavy atom. The molecule has 106 valence electrons. The Balaban J connectivity index is 2.55. The molecule has 0 aliphatic rings. The molecule has 1 N–H and O–H groups in total. The molecule has 2 aromatic carbocycles. The van der Waals surface area contributed by atoms with E-state index < -0.39 is 0 Å². The fourth-order valence-electron chi connectivity index (χ4n) is 2.25. The maximum absolute atomic E-state index is 13.5. The van der Waals surface area contributed by atoms with Gasteiger partial charge in [-0.15, -0.1) is 0 Å². The van der Waals surface area contributed by atoms with Gasteiger partial charge in [-0.1, -0.05) is 36.2 Å². The van der Waals surface area contributed by atoms with Gasteiger partial charge < -0.3 is 5.32 Å². The molecule has 1 nitrogen and oxygen atoms in total. The summed E-state index contributed by atoms with van der Waals surface area (Å²) in [7, 11) is 0. The maximum atomic E-state index is 13.5. The zero-order chi connectivity index (χ0) is 14.7. The average Bonchev–Trinajstić information content (AvgIpc) is 2.42. The summed E-state index contributed by atoms with van der Waals surface area (Å²) in [6.45, 7) is 4.74. The van der Waals surface area contributed by atoms with Crippen molar-refractivity contribution >= 4 is 23.2 Å². The van der Waals surface area contributed by atoms with Crippen molar-refractivity contribution in [1.82, 2.24) is 5.32 Å². The van der Waals surface area contributed by atoms with Crippen molar-refractivity contribution in [3.63, 3.8) is 0 Å². The minimum absolute atomic E-state index is 0.179. The molecule has 2 rings (SSSR count). The van der Waals surface area contributed by atoms with Gasteiger partial charge in [-0.2, -0.15) is 0 Å². The highest BCUT2D eigenvalue weighted by atomic mass is 35.5. The summed E-state index contributed by atoms with van der Waals surface area (Å²) in [6, 6.07) is 9.92. The first-order chi connectivity index (χ1) is 9.52. The van der Waals surface area contributed by atoms with Crippen LogP contribution in [0.5, 0.6) is 0 Å². The molecular formula is C16H16Cl2FN. The van der Waals surface area contributed by atoms with E-state index >= 15 is 0 Å². The Hall–Kier alpha value is -1.09. The second kappa shape index (κ2) is 6.57. The Labute approximate surface area is 128 Å². The number of hydrogen-bond donors (Lipinski definition) is 1. The second-order valence-corrected chi connectivity index (χ2v) is 5.50. The van der Waals surface area contributed by atoms with Gasteiger partial charge in [-0.25, -0.2) is 4.39 Å². The lowest BCUT2D eigenvalue weighted by Gasteiger charge is -2.22. The van der Waals surface area contributed by atoms with Gasteiger partial charge in [0.05, 0.1) is 6.04 Å². The predicted molar refractivity (Wildman–Crippen MR) is 83.1 cm³/mol. The molecule has 0 radical (unpaired) electrons. The fraction of sp³-hybridized carbons (Fsp3) is 0.250. The third-order valence-electron chi connectivity index (χ3n) is 3.23. The minimum atomic E-state index is -0.299. The number of nitrogens with one attached hydrogen (secondary N) is 1. The minimum Gasteiger partial charge on any atom is -0.306 e. The van der Waals surface area contributed by atoms with E-state index in [1.165, 1.54) is 12.1 Å². The maximum Gasteiger partial charge on any atom is 0.123 e. The Kier molecular flexibility index (Phi) is 5.03. The van der Waals surface area contributed by atoms with Crippen LogP contribution < -0.4 is 5.32 Å². The first-order valence-corrected chi connectivity index (χ1v) is 7.23. The standard InChI is InChI=1S/C16H16Cl2FN/c1-3-20-16(13-8-11(17)5-4-10(13)2)14-9-12(19)6-7-15(14)18/h4-9,16,20H,3H2,1-2H3. The zero-order valence-corrected chi connectivity index (χ0v) is 12.9. The van der Waals surface area contributed by atoms with Crippen molar-refractivity contribution in [3.05, 3.63) is 69.0 Å². The van der Waals surface area contributed by atoms with Crippen LogP contribution in [-0.2, 0) is 0 Å². The Morgan fingerprint density at radius 1 is 1.10 bits per heavy atom. The summed E-state index contributed by atoms with van der Waals surface area (Å²) >= 11 is 12.3. The number of aryl methyl sites for hydroxylation is 1. The quantitative estimate of drug-likeness (QED) is 0.824. The average molecular weight is 312 g/mol. The van der Waals surface area contributed by atoms with E-state index in [-0.39, 0.29) is 11.9 Å². The molecular weight excluding hydrogens is 296 g/mol. The lowest BCUT2D eigenvalue weighted by Crippen LogP contribution is -2.23. The summed E-state index contributed by atoms with van der Waals surface area (Å²) in [4.78, 5) is 0. The molecule has 0 amide bonds. The van der Waals surface area contributed by atoms with Crippen molar-refractivity contribution in [1.29, 1.82) is 0 Å². The molecule has 0 fully saturated rings. The van der Waals surface area contributed by atoms with Gasteiger partial charge in [0.1, 0.15) is 5.82 Å². The van der Waals surface area contributed by atoms with Crippen molar-refractivity contribution in [3.8, 4) is 0 Å². The largest absolute Gasteiger partial charge is 0.306 e. The van der Waals surface area contributed by atoms with Crippen LogP contribution in [0.25, 0.3) is 0 Å². The van der Waals surface area contributed by atoms with Gasteiger partial charge >= 0.3 is 0 Å². The van der Waals surface area contributed by atoms with E-state index in [0.29, 0.717) is 10.0 Å². The number of halogens is 3. The molecule has 20 heavy (non-hydrogen) atoms. The predicted octanol–water partition coefficient (Wildman–Crippen LogP) is 5.14. The van der Waals surface area contributed by atoms with Crippen LogP contribution in [0.4, 0.5) is 4.39 Å². The van der Waals surface area contributed by atoms with Crippen molar-refractivity contribution in [2.75, 3.05) is 6.54 Å². The molecule has 0 spiro atoms. The number of hydrogen-bond acceptors (Lipinski definition) is 1.